The van der Waals surface area contributed by atoms with Gasteiger partial charge in [-0.3, -0.25) is 14.1 Å². The maximum atomic E-state index is 12.2. The average Bonchev–Trinajstić information content (AvgIpc) is 2.52. The van der Waals surface area contributed by atoms with Crippen LogP contribution in [0.25, 0.3) is 0 Å². The Morgan fingerprint density at radius 2 is 1.91 bits per heavy atom. The first-order valence-electron chi connectivity index (χ1n) is 7.72. The monoisotopic (exact) mass is 445 g/mol. The molecule has 1 saturated heterocycles. The fraction of sp³-hybridized carbons (Fsp3) is 0.857. The Morgan fingerprint density at radius 1 is 1.26 bits per heavy atom. The zero-order valence-electron chi connectivity index (χ0n) is 14.0. The summed E-state index contributed by atoms with van der Waals surface area (Å²) in [6.45, 7) is 5.22. The maximum Gasteiger partial charge on any atom is 0.243 e. The van der Waals surface area contributed by atoms with Crippen molar-refractivity contribution < 1.29 is 13.9 Å². The first-order chi connectivity index (χ1) is 10.6. The van der Waals surface area contributed by atoms with E-state index in [0.717, 1.165) is 39.4 Å². The van der Waals surface area contributed by atoms with E-state index in [2.05, 4.69) is 20.5 Å². The van der Waals surface area contributed by atoms with Crippen molar-refractivity contribution in [2.75, 3.05) is 73.3 Å². The summed E-state index contributed by atoms with van der Waals surface area (Å²) in [6, 6.07) is 0. The molecule has 2 N–H and O–H groups in total. The summed E-state index contributed by atoms with van der Waals surface area (Å²) in [5.41, 5.74) is 0. The molecule has 7 nitrogen and oxygen atoms in total. The molecule has 1 rings (SSSR count). The third-order valence-corrected chi connectivity index (χ3v) is 3.30. The SMILES string of the molecule is CN(C)C(=O)CN=C(NCCCF)NCCN1CCOCC1.I. The number of hydrogen-bond acceptors (Lipinski definition) is 4. The Bertz CT molecular complexity index is 352. The predicted octanol–water partition coefficient (Wildman–Crippen LogP) is -0.0804. The van der Waals surface area contributed by atoms with Crippen LogP contribution in [0.5, 0.6) is 0 Å². The van der Waals surface area contributed by atoms with E-state index >= 15 is 0 Å². The molecule has 1 fully saturated rings. The fourth-order valence-electron chi connectivity index (χ4n) is 1.89. The van der Waals surface area contributed by atoms with Gasteiger partial charge in [-0.05, 0) is 6.42 Å². The minimum Gasteiger partial charge on any atom is -0.379 e. The van der Waals surface area contributed by atoms with Gasteiger partial charge in [0, 0.05) is 46.8 Å². The van der Waals surface area contributed by atoms with Crippen molar-refractivity contribution in [1.29, 1.82) is 0 Å². The summed E-state index contributed by atoms with van der Waals surface area (Å²) in [7, 11) is 3.39. The third-order valence-electron chi connectivity index (χ3n) is 3.30. The van der Waals surface area contributed by atoms with Crippen LogP contribution in [0.15, 0.2) is 4.99 Å². The van der Waals surface area contributed by atoms with Gasteiger partial charge in [0.05, 0.1) is 19.9 Å². The molecule has 0 saturated carbocycles. The molecule has 0 spiro atoms. The highest BCUT2D eigenvalue weighted by Gasteiger charge is 2.10. The lowest BCUT2D eigenvalue weighted by Gasteiger charge is -2.26. The largest absolute Gasteiger partial charge is 0.379 e. The van der Waals surface area contributed by atoms with Gasteiger partial charge in [0.1, 0.15) is 6.54 Å². The fourth-order valence-corrected chi connectivity index (χ4v) is 1.89. The molecule has 0 aromatic heterocycles. The second kappa shape index (κ2) is 13.7. The quantitative estimate of drug-likeness (QED) is 0.237. The van der Waals surface area contributed by atoms with E-state index in [0.29, 0.717) is 18.9 Å². The smallest absolute Gasteiger partial charge is 0.243 e. The van der Waals surface area contributed by atoms with Crippen LogP contribution in [-0.4, -0.2) is 94.9 Å². The van der Waals surface area contributed by atoms with Gasteiger partial charge in [0.25, 0.3) is 0 Å². The van der Waals surface area contributed by atoms with Crippen LogP contribution in [0, 0.1) is 0 Å². The molecule has 0 aromatic rings. The van der Waals surface area contributed by atoms with Gasteiger partial charge < -0.3 is 20.3 Å². The summed E-state index contributed by atoms with van der Waals surface area (Å²) < 4.78 is 17.5. The van der Waals surface area contributed by atoms with E-state index in [1.165, 1.54) is 4.90 Å². The lowest BCUT2D eigenvalue weighted by atomic mass is 10.4. The Labute approximate surface area is 155 Å². The standard InChI is InChI=1S/C14H28FN5O2.HI/c1-19(2)13(21)12-18-14(16-5-3-4-15)17-6-7-20-8-10-22-11-9-20;/h3-12H2,1-2H3,(H2,16,17,18);1H. The Balaban J connectivity index is 0.00000484. The lowest BCUT2D eigenvalue weighted by molar-refractivity contribution is -0.127. The molecule has 0 radical (unpaired) electrons. The molecule has 9 heteroatoms. The topological polar surface area (TPSA) is 69.2 Å². The summed E-state index contributed by atoms with van der Waals surface area (Å²) in [5, 5.41) is 6.22. The van der Waals surface area contributed by atoms with E-state index < -0.39 is 0 Å². The van der Waals surface area contributed by atoms with Gasteiger partial charge in [0.2, 0.25) is 5.91 Å². The first-order valence-corrected chi connectivity index (χ1v) is 7.72. The number of rotatable bonds is 8. The molecule has 23 heavy (non-hydrogen) atoms. The molecule has 0 unspecified atom stereocenters. The van der Waals surface area contributed by atoms with Crippen LogP contribution in [0.1, 0.15) is 6.42 Å². The number of morpholine rings is 1. The normalized spacial score (nSPS) is 15.7. The number of alkyl halides is 1. The zero-order valence-corrected chi connectivity index (χ0v) is 16.3. The molecular weight excluding hydrogens is 416 g/mol. The number of likely N-dealkylation sites (N-methyl/N-ethyl adjacent to an activating group) is 1. The second-order valence-electron chi connectivity index (χ2n) is 5.30. The number of nitrogens with one attached hydrogen (secondary N) is 2. The highest BCUT2D eigenvalue weighted by molar-refractivity contribution is 14.0. The van der Waals surface area contributed by atoms with Crippen molar-refractivity contribution in [3.63, 3.8) is 0 Å². The zero-order chi connectivity index (χ0) is 16.2. The van der Waals surface area contributed by atoms with E-state index in [1.807, 2.05) is 0 Å². The minimum atomic E-state index is -0.370. The van der Waals surface area contributed by atoms with Gasteiger partial charge >= 0.3 is 0 Å². The van der Waals surface area contributed by atoms with Gasteiger partial charge in [0.15, 0.2) is 5.96 Å². The van der Waals surface area contributed by atoms with E-state index in [4.69, 9.17) is 4.74 Å². The first kappa shape index (κ1) is 22.3. The van der Waals surface area contributed by atoms with Crippen molar-refractivity contribution in [1.82, 2.24) is 20.4 Å². The molecule has 136 valence electrons. The average molecular weight is 445 g/mol. The van der Waals surface area contributed by atoms with Crippen LogP contribution in [0.3, 0.4) is 0 Å². The van der Waals surface area contributed by atoms with Gasteiger partial charge in [-0.1, -0.05) is 0 Å². The Hall–Kier alpha value is -0.680. The second-order valence-corrected chi connectivity index (χ2v) is 5.30. The Kier molecular flexibility index (Phi) is 13.3. The number of aliphatic imine (C=N–C) groups is 1. The highest BCUT2D eigenvalue weighted by Crippen LogP contribution is 1.94. The van der Waals surface area contributed by atoms with E-state index in [1.54, 1.807) is 14.1 Å². The molecule has 1 heterocycles. The van der Waals surface area contributed by atoms with Crippen LogP contribution >= 0.6 is 24.0 Å². The Morgan fingerprint density at radius 3 is 2.52 bits per heavy atom. The number of carbonyl (C=O) groups is 1. The van der Waals surface area contributed by atoms with Crippen molar-refractivity contribution in [2.24, 2.45) is 4.99 Å². The molecule has 0 atom stereocenters. The summed E-state index contributed by atoms with van der Waals surface area (Å²) in [5.74, 6) is 0.483. The lowest BCUT2D eigenvalue weighted by Crippen LogP contribution is -2.45. The molecule has 0 aliphatic carbocycles. The van der Waals surface area contributed by atoms with Crippen molar-refractivity contribution in [2.45, 2.75) is 6.42 Å². The summed E-state index contributed by atoms with van der Waals surface area (Å²) in [6.07, 6.45) is 0.422. The predicted molar refractivity (Wildman–Crippen MR) is 100 cm³/mol. The maximum absolute atomic E-state index is 12.2. The van der Waals surface area contributed by atoms with E-state index in [-0.39, 0.29) is 43.1 Å². The van der Waals surface area contributed by atoms with Crippen molar-refractivity contribution in [3.8, 4) is 0 Å². The van der Waals surface area contributed by atoms with Crippen LogP contribution in [-0.2, 0) is 9.53 Å². The van der Waals surface area contributed by atoms with Crippen molar-refractivity contribution >= 4 is 35.8 Å². The minimum absolute atomic E-state index is 0. The molecule has 1 aliphatic rings. The van der Waals surface area contributed by atoms with Crippen LogP contribution in [0.2, 0.25) is 0 Å². The van der Waals surface area contributed by atoms with Crippen molar-refractivity contribution in [3.05, 3.63) is 0 Å². The highest BCUT2D eigenvalue weighted by atomic mass is 127. The summed E-state index contributed by atoms with van der Waals surface area (Å²) >= 11 is 0. The van der Waals surface area contributed by atoms with E-state index in [9.17, 15) is 9.18 Å². The molecule has 0 aromatic carbocycles. The molecular formula is C14H29FIN5O2. The van der Waals surface area contributed by atoms with Crippen LogP contribution < -0.4 is 10.6 Å². The van der Waals surface area contributed by atoms with Crippen LogP contribution in [0.4, 0.5) is 4.39 Å². The molecule has 1 amide bonds. The van der Waals surface area contributed by atoms with Gasteiger partial charge in [-0.15, -0.1) is 24.0 Å². The third kappa shape index (κ3) is 10.7. The summed E-state index contributed by atoms with van der Waals surface area (Å²) in [4.78, 5) is 19.6. The number of nitrogens with zero attached hydrogens (tertiary/aromatic N) is 3. The van der Waals surface area contributed by atoms with Gasteiger partial charge in [-0.2, -0.15) is 0 Å². The number of ether oxygens (including phenoxy) is 1. The number of halogens is 2. The molecule has 0 bridgehead atoms. The van der Waals surface area contributed by atoms with Gasteiger partial charge in [-0.25, -0.2) is 4.99 Å². The number of hydrogen-bond donors (Lipinski definition) is 2. The number of amides is 1. The number of carbonyl (C=O) groups excluding carboxylic acids is 1. The number of guanidine groups is 1. The molecule has 1 aliphatic heterocycles.